The lowest BCUT2D eigenvalue weighted by Gasteiger charge is -2.12. The van der Waals surface area contributed by atoms with Crippen molar-refractivity contribution < 1.29 is 13.2 Å². The van der Waals surface area contributed by atoms with Gasteiger partial charge in [-0.1, -0.05) is 12.1 Å². The van der Waals surface area contributed by atoms with E-state index in [0.29, 0.717) is 17.0 Å². The van der Waals surface area contributed by atoms with Gasteiger partial charge in [-0.25, -0.2) is 8.42 Å². The maximum Gasteiger partial charge on any atom is 0.262 e. The lowest BCUT2D eigenvalue weighted by molar-refractivity contribution is 0.414. The maximum absolute atomic E-state index is 12.7. The molecule has 0 amide bonds. The van der Waals surface area contributed by atoms with Gasteiger partial charge in [-0.15, -0.1) is 0 Å². The fourth-order valence-electron chi connectivity index (χ4n) is 2.77. The molecule has 0 saturated carbocycles. The summed E-state index contributed by atoms with van der Waals surface area (Å²) in [6.07, 6.45) is 0. The number of aryl methyl sites for hydroxylation is 2. The molecule has 0 atom stereocenters. The van der Waals surface area contributed by atoms with Crippen LogP contribution in [-0.2, 0) is 10.0 Å². The third-order valence-electron chi connectivity index (χ3n) is 4.12. The van der Waals surface area contributed by atoms with Crippen molar-refractivity contribution in [2.45, 2.75) is 18.7 Å². The second kappa shape index (κ2) is 7.72. The molecule has 27 heavy (non-hydrogen) atoms. The predicted octanol–water partition coefficient (Wildman–Crippen LogP) is 4.86. The molecule has 0 unspecified atom stereocenters. The fraction of sp³-hybridized carbons (Fsp3) is 0.143. The van der Waals surface area contributed by atoms with Gasteiger partial charge >= 0.3 is 0 Å². The molecular weight excluding hydrogens is 360 g/mol. The van der Waals surface area contributed by atoms with Crippen LogP contribution in [0.4, 0.5) is 17.1 Å². The van der Waals surface area contributed by atoms with Gasteiger partial charge in [-0.2, -0.15) is 0 Å². The summed E-state index contributed by atoms with van der Waals surface area (Å²) in [6, 6.07) is 20.1. The summed E-state index contributed by atoms with van der Waals surface area (Å²) in [5.41, 5.74) is 4.15. The van der Waals surface area contributed by atoms with E-state index < -0.39 is 10.0 Å². The molecule has 3 aromatic rings. The molecule has 3 aromatic carbocycles. The standard InChI is InChI=1S/C21H22N2O3S/c1-15-5-4-6-19(13-15)22-17-7-9-18(10-8-17)23-27(24,25)21-12-11-20(26-3)14-16(21)2/h4-14,22-23H,1-3H3. The number of hydrogen-bond donors (Lipinski definition) is 2. The molecule has 0 aliphatic carbocycles. The predicted molar refractivity (Wildman–Crippen MR) is 109 cm³/mol. The number of benzene rings is 3. The second-order valence-electron chi connectivity index (χ2n) is 6.31. The highest BCUT2D eigenvalue weighted by molar-refractivity contribution is 7.92. The van der Waals surface area contributed by atoms with Crippen LogP contribution in [0.25, 0.3) is 0 Å². The van der Waals surface area contributed by atoms with Gasteiger partial charge in [-0.3, -0.25) is 4.72 Å². The summed E-state index contributed by atoms with van der Waals surface area (Å²) in [6.45, 7) is 3.77. The maximum atomic E-state index is 12.7. The highest BCUT2D eigenvalue weighted by atomic mass is 32.2. The van der Waals surface area contributed by atoms with Gasteiger partial charge < -0.3 is 10.1 Å². The van der Waals surface area contributed by atoms with Crippen molar-refractivity contribution in [3.05, 3.63) is 77.9 Å². The van der Waals surface area contributed by atoms with Gasteiger partial charge in [0.05, 0.1) is 12.0 Å². The van der Waals surface area contributed by atoms with Crippen molar-refractivity contribution >= 4 is 27.1 Å². The van der Waals surface area contributed by atoms with E-state index in [4.69, 9.17) is 4.74 Å². The SMILES string of the molecule is COc1ccc(S(=O)(=O)Nc2ccc(Nc3cccc(C)c3)cc2)c(C)c1. The lowest BCUT2D eigenvalue weighted by Crippen LogP contribution is -2.14. The Hall–Kier alpha value is -2.99. The fourth-order valence-corrected chi connectivity index (χ4v) is 4.06. The van der Waals surface area contributed by atoms with Crippen LogP contribution in [-0.4, -0.2) is 15.5 Å². The van der Waals surface area contributed by atoms with Gasteiger partial charge in [0.15, 0.2) is 0 Å². The van der Waals surface area contributed by atoms with E-state index in [1.807, 2.05) is 43.3 Å². The quantitative estimate of drug-likeness (QED) is 0.639. The summed E-state index contributed by atoms with van der Waals surface area (Å²) < 4.78 is 33.1. The minimum absolute atomic E-state index is 0.227. The zero-order valence-corrected chi connectivity index (χ0v) is 16.3. The first-order chi connectivity index (χ1) is 12.9. The Bertz CT molecular complexity index is 1050. The Morgan fingerprint density at radius 2 is 1.52 bits per heavy atom. The van der Waals surface area contributed by atoms with Gasteiger partial charge in [0, 0.05) is 17.1 Å². The Balaban J connectivity index is 1.75. The smallest absolute Gasteiger partial charge is 0.262 e. The van der Waals surface area contributed by atoms with Crippen molar-refractivity contribution in [1.29, 1.82) is 0 Å². The van der Waals surface area contributed by atoms with Crippen LogP contribution in [0, 0.1) is 13.8 Å². The van der Waals surface area contributed by atoms with Crippen LogP contribution < -0.4 is 14.8 Å². The van der Waals surface area contributed by atoms with Crippen LogP contribution in [0.3, 0.4) is 0 Å². The summed E-state index contributed by atoms with van der Waals surface area (Å²) in [5.74, 6) is 0.623. The average Bonchev–Trinajstić information content (AvgIpc) is 2.63. The second-order valence-corrected chi connectivity index (χ2v) is 7.96. The molecular formula is C21H22N2O3S. The number of methoxy groups -OCH3 is 1. The van der Waals surface area contributed by atoms with Gasteiger partial charge in [0.2, 0.25) is 0 Å². The molecule has 0 aliphatic heterocycles. The largest absolute Gasteiger partial charge is 0.497 e. The number of hydrogen-bond acceptors (Lipinski definition) is 4. The highest BCUT2D eigenvalue weighted by Gasteiger charge is 2.17. The molecule has 140 valence electrons. The van der Waals surface area contributed by atoms with Gasteiger partial charge in [-0.05, 0) is 79.6 Å². The number of anilines is 3. The monoisotopic (exact) mass is 382 g/mol. The molecule has 3 rings (SSSR count). The Morgan fingerprint density at radius 1 is 0.815 bits per heavy atom. The van der Waals surface area contributed by atoms with Gasteiger partial charge in [0.1, 0.15) is 5.75 Å². The molecule has 0 radical (unpaired) electrons. The van der Waals surface area contributed by atoms with Crippen molar-refractivity contribution in [1.82, 2.24) is 0 Å². The summed E-state index contributed by atoms with van der Waals surface area (Å²) in [5, 5.41) is 3.30. The zero-order valence-electron chi connectivity index (χ0n) is 15.5. The zero-order chi connectivity index (χ0) is 19.4. The molecule has 0 bridgehead atoms. The summed E-state index contributed by atoms with van der Waals surface area (Å²) in [7, 11) is -2.12. The molecule has 0 spiro atoms. The molecule has 0 aromatic heterocycles. The van der Waals surface area contributed by atoms with Crippen LogP contribution in [0.15, 0.2) is 71.6 Å². The Labute approximate surface area is 160 Å². The number of ether oxygens (including phenoxy) is 1. The van der Waals surface area contributed by atoms with Crippen molar-refractivity contribution in [3.8, 4) is 5.75 Å². The first kappa shape index (κ1) is 18.8. The minimum Gasteiger partial charge on any atom is -0.497 e. The molecule has 0 heterocycles. The molecule has 6 heteroatoms. The molecule has 2 N–H and O–H groups in total. The molecule has 0 fully saturated rings. The van der Waals surface area contributed by atoms with E-state index in [9.17, 15) is 8.42 Å². The van der Waals surface area contributed by atoms with Crippen LogP contribution >= 0.6 is 0 Å². The molecule has 5 nitrogen and oxygen atoms in total. The van der Waals surface area contributed by atoms with Crippen LogP contribution in [0.2, 0.25) is 0 Å². The van der Waals surface area contributed by atoms with E-state index in [-0.39, 0.29) is 4.90 Å². The number of rotatable bonds is 6. The minimum atomic E-state index is -3.67. The van der Waals surface area contributed by atoms with E-state index in [1.54, 1.807) is 44.4 Å². The average molecular weight is 382 g/mol. The number of nitrogens with one attached hydrogen (secondary N) is 2. The first-order valence-corrected chi connectivity index (χ1v) is 9.97. The van der Waals surface area contributed by atoms with Crippen molar-refractivity contribution in [2.75, 3.05) is 17.1 Å². The topological polar surface area (TPSA) is 67.4 Å². The summed E-state index contributed by atoms with van der Waals surface area (Å²) >= 11 is 0. The van der Waals surface area contributed by atoms with Gasteiger partial charge in [0.25, 0.3) is 10.0 Å². The Morgan fingerprint density at radius 3 is 2.15 bits per heavy atom. The van der Waals surface area contributed by atoms with Crippen molar-refractivity contribution in [3.63, 3.8) is 0 Å². The Kier molecular flexibility index (Phi) is 5.37. The third-order valence-corrected chi connectivity index (χ3v) is 5.66. The van der Waals surface area contributed by atoms with E-state index >= 15 is 0 Å². The number of sulfonamides is 1. The molecule has 0 aliphatic rings. The molecule has 0 saturated heterocycles. The van der Waals surface area contributed by atoms with Crippen molar-refractivity contribution in [2.24, 2.45) is 0 Å². The normalized spacial score (nSPS) is 11.1. The van der Waals surface area contributed by atoms with Crippen LogP contribution in [0.1, 0.15) is 11.1 Å². The highest BCUT2D eigenvalue weighted by Crippen LogP contribution is 2.25. The lowest BCUT2D eigenvalue weighted by atomic mass is 10.2. The third kappa shape index (κ3) is 4.60. The summed E-state index contributed by atoms with van der Waals surface area (Å²) in [4.78, 5) is 0.227. The van der Waals surface area contributed by atoms with E-state index in [1.165, 1.54) is 5.56 Å². The van der Waals surface area contributed by atoms with E-state index in [2.05, 4.69) is 10.0 Å². The van der Waals surface area contributed by atoms with E-state index in [0.717, 1.165) is 11.4 Å². The van der Waals surface area contributed by atoms with Crippen LogP contribution in [0.5, 0.6) is 5.75 Å². The first-order valence-electron chi connectivity index (χ1n) is 8.48.